The first-order chi connectivity index (χ1) is 7.90. The van der Waals surface area contributed by atoms with Crippen molar-refractivity contribution in [2.45, 2.75) is 25.7 Å². The Labute approximate surface area is 102 Å². The first kappa shape index (κ1) is 14.0. The van der Waals surface area contributed by atoms with Gasteiger partial charge in [-0.1, -0.05) is 6.07 Å². The van der Waals surface area contributed by atoms with Gasteiger partial charge in [-0.15, -0.1) is 0 Å². The molecule has 1 aromatic rings. The van der Waals surface area contributed by atoms with Crippen molar-refractivity contribution in [3.8, 4) is 5.75 Å². The molecule has 0 heterocycles. The van der Waals surface area contributed by atoms with E-state index in [2.05, 4.69) is 18.2 Å². The number of hydrogen-bond acceptors (Lipinski definition) is 3. The molecule has 0 saturated heterocycles. The van der Waals surface area contributed by atoms with Crippen LogP contribution < -0.4 is 4.74 Å². The fourth-order valence-electron chi connectivity index (χ4n) is 1.84. The first-order valence-electron chi connectivity index (χ1n) is 5.48. The number of methoxy groups -OCH3 is 1. The summed E-state index contributed by atoms with van der Waals surface area (Å²) in [5.41, 5.74) is 3.00. The van der Waals surface area contributed by atoms with Crippen LogP contribution in [-0.4, -0.2) is 26.3 Å². The number of hydrogen-bond donors (Lipinski definition) is 1. The lowest BCUT2D eigenvalue weighted by atomic mass is 9.92. The summed E-state index contributed by atoms with van der Waals surface area (Å²) in [6.45, 7) is 0. The van der Waals surface area contributed by atoms with Crippen LogP contribution in [0.1, 0.15) is 24.0 Å². The Bertz CT molecular complexity index is 457. The average molecular weight is 258 g/mol. The molecule has 2 rings (SSSR count). The second-order valence-corrected chi connectivity index (χ2v) is 5.54. The number of aryl methyl sites for hydroxylation is 2. The third kappa shape index (κ3) is 5.70. The van der Waals surface area contributed by atoms with Crippen molar-refractivity contribution < 1.29 is 17.7 Å². The van der Waals surface area contributed by atoms with Gasteiger partial charge in [-0.25, -0.2) is 0 Å². The highest BCUT2D eigenvalue weighted by molar-refractivity contribution is 7.85. The highest BCUT2D eigenvalue weighted by Crippen LogP contribution is 2.24. The summed E-state index contributed by atoms with van der Waals surface area (Å²) in [4.78, 5) is 0. The molecule has 0 fully saturated rings. The quantitative estimate of drug-likeness (QED) is 0.783. The summed E-state index contributed by atoms with van der Waals surface area (Å²) in [6.07, 6.45) is 5.87. The molecule has 4 nitrogen and oxygen atoms in total. The zero-order chi connectivity index (χ0) is 12.9. The van der Waals surface area contributed by atoms with E-state index in [1.165, 1.54) is 36.8 Å². The van der Waals surface area contributed by atoms with Crippen molar-refractivity contribution in [1.29, 1.82) is 0 Å². The van der Waals surface area contributed by atoms with E-state index in [0.29, 0.717) is 6.26 Å². The summed E-state index contributed by atoms with van der Waals surface area (Å²) in [6, 6.07) is 6.44. The molecule has 17 heavy (non-hydrogen) atoms. The van der Waals surface area contributed by atoms with Gasteiger partial charge in [0.25, 0.3) is 10.1 Å². The van der Waals surface area contributed by atoms with Crippen LogP contribution >= 0.6 is 0 Å². The maximum absolute atomic E-state index is 9.19. The second kappa shape index (κ2) is 6.02. The Morgan fingerprint density at radius 2 is 1.71 bits per heavy atom. The molecule has 0 saturated carbocycles. The van der Waals surface area contributed by atoms with Crippen LogP contribution in [0.25, 0.3) is 0 Å². The Kier molecular flexibility index (Phi) is 4.96. The molecule has 1 N–H and O–H groups in total. The summed E-state index contributed by atoms with van der Waals surface area (Å²) < 4.78 is 31.0. The Balaban J connectivity index is 0.000000249. The number of rotatable bonds is 1. The van der Waals surface area contributed by atoms with E-state index in [-0.39, 0.29) is 0 Å². The molecule has 5 heteroatoms. The molecule has 1 aliphatic carbocycles. The van der Waals surface area contributed by atoms with Gasteiger partial charge in [-0.3, -0.25) is 4.55 Å². The van der Waals surface area contributed by atoms with Gasteiger partial charge in [-0.05, 0) is 48.9 Å². The lowest BCUT2D eigenvalue weighted by Gasteiger charge is -2.15. The fraction of sp³-hybridized carbons (Fsp3) is 0.500. The molecule has 0 amide bonds. The molecule has 0 aromatic heterocycles. The molecular formula is C12H18O4S. The van der Waals surface area contributed by atoms with Crippen LogP contribution in [0.4, 0.5) is 0 Å². The molecule has 0 unspecified atom stereocenters. The van der Waals surface area contributed by atoms with Crippen molar-refractivity contribution in [2.75, 3.05) is 13.4 Å². The molecule has 0 atom stereocenters. The van der Waals surface area contributed by atoms with E-state index >= 15 is 0 Å². The fourth-order valence-corrected chi connectivity index (χ4v) is 1.84. The normalized spacial score (nSPS) is 14.3. The van der Waals surface area contributed by atoms with Crippen LogP contribution in [0.2, 0.25) is 0 Å². The monoisotopic (exact) mass is 258 g/mol. The van der Waals surface area contributed by atoms with Crippen LogP contribution in [0.3, 0.4) is 0 Å². The molecule has 0 aliphatic heterocycles. The van der Waals surface area contributed by atoms with Gasteiger partial charge in [-0.2, -0.15) is 8.42 Å². The molecule has 96 valence electrons. The molecular weight excluding hydrogens is 240 g/mol. The number of benzene rings is 1. The van der Waals surface area contributed by atoms with Crippen molar-refractivity contribution in [1.82, 2.24) is 0 Å². The van der Waals surface area contributed by atoms with Gasteiger partial charge >= 0.3 is 0 Å². The van der Waals surface area contributed by atoms with E-state index in [9.17, 15) is 8.42 Å². The average Bonchev–Trinajstić information content (AvgIpc) is 2.26. The smallest absolute Gasteiger partial charge is 0.261 e. The first-order valence-corrected chi connectivity index (χ1v) is 7.33. The molecule has 0 radical (unpaired) electrons. The zero-order valence-electron chi connectivity index (χ0n) is 10.1. The SMILES string of the molecule is COc1ccc2c(c1)CCCC2.CS(=O)(=O)O. The van der Waals surface area contributed by atoms with Crippen LogP contribution in [0.15, 0.2) is 18.2 Å². The third-order valence-electron chi connectivity index (χ3n) is 2.56. The Hall–Kier alpha value is -1.07. The van der Waals surface area contributed by atoms with Gasteiger partial charge in [0.05, 0.1) is 13.4 Å². The van der Waals surface area contributed by atoms with Gasteiger partial charge in [0.2, 0.25) is 0 Å². The molecule has 1 aromatic carbocycles. The minimum absolute atomic E-state index is 0.715. The summed E-state index contributed by atoms with van der Waals surface area (Å²) in [7, 11) is -1.94. The summed E-state index contributed by atoms with van der Waals surface area (Å²) >= 11 is 0. The van der Waals surface area contributed by atoms with Gasteiger partial charge in [0.1, 0.15) is 5.75 Å². The minimum Gasteiger partial charge on any atom is -0.497 e. The van der Waals surface area contributed by atoms with Crippen LogP contribution in [0.5, 0.6) is 5.75 Å². The molecule has 0 bridgehead atoms. The Morgan fingerprint density at radius 1 is 1.18 bits per heavy atom. The minimum atomic E-state index is -3.67. The standard InChI is InChI=1S/C11H14O.CH4O3S/c1-12-11-7-6-9-4-2-3-5-10(9)8-11;1-5(2,3)4/h6-8H,2-5H2,1H3;1H3,(H,2,3,4). The summed E-state index contributed by atoms with van der Waals surface area (Å²) in [5, 5.41) is 0. The molecule has 1 aliphatic rings. The predicted octanol–water partition coefficient (Wildman–Crippen LogP) is 2.08. The summed E-state index contributed by atoms with van der Waals surface area (Å²) in [5.74, 6) is 0.996. The number of ether oxygens (including phenoxy) is 1. The van der Waals surface area contributed by atoms with E-state index in [1.54, 1.807) is 7.11 Å². The van der Waals surface area contributed by atoms with E-state index in [1.807, 2.05) is 0 Å². The highest BCUT2D eigenvalue weighted by atomic mass is 32.2. The van der Waals surface area contributed by atoms with Crippen molar-refractivity contribution in [3.63, 3.8) is 0 Å². The highest BCUT2D eigenvalue weighted by Gasteiger charge is 2.08. The third-order valence-corrected chi connectivity index (χ3v) is 2.56. The van der Waals surface area contributed by atoms with Crippen molar-refractivity contribution in [3.05, 3.63) is 29.3 Å². The largest absolute Gasteiger partial charge is 0.497 e. The van der Waals surface area contributed by atoms with E-state index in [0.717, 1.165) is 5.75 Å². The number of fused-ring (bicyclic) bond motifs is 1. The second-order valence-electron chi connectivity index (χ2n) is 4.07. The van der Waals surface area contributed by atoms with E-state index < -0.39 is 10.1 Å². The lowest BCUT2D eigenvalue weighted by molar-refractivity contribution is 0.413. The molecule has 0 spiro atoms. The van der Waals surface area contributed by atoms with E-state index in [4.69, 9.17) is 9.29 Å². The van der Waals surface area contributed by atoms with Gasteiger partial charge < -0.3 is 4.74 Å². The van der Waals surface area contributed by atoms with Crippen LogP contribution in [-0.2, 0) is 23.0 Å². The maximum Gasteiger partial charge on any atom is 0.261 e. The van der Waals surface area contributed by atoms with Crippen molar-refractivity contribution >= 4 is 10.1 Å². The van der Waals surface area contributed by atoms with Crippen LogP contribution in [0, 0.1) is 0 Å². The Morgan fingerprint density at radius 3 is 2.24 bits per heavy atom. The van der Waals surface area contributed by atoms with Crippen molar-refractivity contribution in [2.24, 2.45) is 0 Å². The maximum atomic E-state index is 9.19. The van der Waals surface area contributed by atoms with Gasteiger partial charge in [0, 0.05) is 0 Å². The lowest BCUT2D eigenvalue weighted by Crippen LogP contribution is -2.02. The van der Waals surface area contributed by atoms with Gasteiger partial charge in [0.15, 0.2) is 0 Å². The predicted molar refractivity (Wildman–Crippen MR) is 67.1 cm³/mol. The topological polar surface area (TPSA) is 63.6 Å². The zero-order valence-corrected chi connectivity index (χ0v) is 11.0.